The molecule has 4 heteroatoms. The van der Waals surface area contributed by atoms with E-state index in [1.807, 2.05) is 0 Å². The lowest BCUT2D eigenvalue weighted by Gasteiger charge is -1.97. The number of carbonyl (C=O) groups is 1. The molecule has 0 radical (unpaired) electrons. The number of hydrogen-bond donors (Lipinski definition) is 1. The van der Waals surface area contributed by atoms with Gasteiger partial charge in [-0.25, -0.2) is 4.39 Å². The summed E-state index contributed by atoms with van der Waals surface area (Å²) in [7, 11) is 0. The molecule has 70 valence electrons. The Labute approximate surface area is 75.2 Å². The number of aliphatic carboxylic acids is 1. The van der Waals surface area contributed by atoms with Gasteiger partial charge in [0.15, 0.2) is 0 Å². The van der Waals surface area contributed by atoms with Crippen molar-refractivity contribution in [1.29, 1.82) is 0 Å². The van der Waals surface area contributed by atoms with Crippen molar-refractivity contribution in [2.45, 2.75) is 19.3 Å². The molecule has 1 rings (SSSR count). The average Bonchev–Trinajstić information content (AvgIpc) is 2.08. The normalized spacial score (nSPS) is 9.92. The molecule has 0 fully saturated rings. The minimum absolute atomic E-state index is 0.124. The fraction of sp³-hybridized carbons (Fsp3) is 0.333. The lowest BCUT2D eigenvalue weighted by Crippen LogP contribution is -1.97. The van der Waals surface area contributed by atoms with E-state index in [0.717, 1.165) is 11.9 Å². The smallest absolute Gasteiger partial charge is 0.303 e. The zero-order valence-corrected chi connectivity index (χ0v) is 7.03. The van der Waals surface area contributed by atoms with Crippen LogP contribution < -0.4 is 0 Å². The first-order chi connectivity index (χ1) is 6.18. The van der Waals surface area contributed by atoms with Crippen LogP contribution in [0.3, 0.4) is 0 Å². The molecule has 1 N–H and O–H groups in total. The molecule has 3 nitrogen and oxygen atoms in total. The van der Waals surface area contributed by atoms with Crippen molar-refractivity contribution in [3.8, 4) is 0 Å². The maximum absolute atomic E-state index is 12.4. The molecule has 1 aromatic rings. The summed E-state index contributed by atoms with van der Waals surface area (Å²) in [5.41, 5.74) is 0.725. The molecule has 0 aliphatic carbocycles. The van der Waals surface area contributed by atoms with Gasteiger partial charge >= 0.3 is 5.97 Å². The van der Waals surface area contributed by atoms with Crippen LogP contribution in [0.15, 0.2) is 18.3 Å². The first kappa shape index (κ1) is 9.64. The second-order valence-corrected chi connectivity index (χ2v) is 2.72. The molecule has 0 spiro atoms. The number of halogens is 1. The quantitative estimate of drug-likeness (QED) is 0.771. The highest BCUT2D eigenvalue weighted by molar-refractivity contribution is 5.66. The predicted octanol–water partition coefficient (Wildman–Crippen LogP) is 1.63. The van der Waals surface area contributed by atoms with E-state index in [9.17, 15) is 9.18 Å². The van der Waals surface area contributed by atoms with Crippen LogP contribution in [0.5, 0.6) is 0 Å². The molecule has 1 heterocycles. The second-order valence-electron chi connectivity index (χ2n) is 2.72. The van der Waals surface area contributed by atoms with Gasteiger partial charge in [-0.15, -0.1) is 0 Å². The van der Waals surface area contributed by atoms with Crippen LogP contribution >= 0.6 is 0 Å². The summed E-state index contributed by atoms with van der Waals surface area (Å²) >= 11 is 0. The van der Waals surface area contributed by atoms with E-state index in [2.05, 4.69) is 4.98 Å². The van der Waals surface area contributed by atoms with Gasteiger partial charge in [0.2, 0.25) is 0 Å². The molecule has 0 saturated heterocycles. The van der Waals surface area contributed by atoms with Gasteiger partial charge in [0.1, 0.15) is 5.82 Å². The third-order valence-corrected chi connectivity index (χ3v) is 1.61. The number of rotatable bonds is 4. The Morgan fingerprint density at radius 1 is 1.54 bits per heavy atom. The molecular formula is C9H10FNO2. The highest BCUT2D eigenvalue weighted by Gasteiger charge is 1.99. The van der Waals surface area contributed by atoms with E-state index in [0.29, 0.717) is 12.8 Å². The van der Waals surface area contributed by atoms with Gasteiger partial charge in [-0.1, -0.05) is 0 Å². The number of carboxylic acid groups (broad SMARTS) is 1. The van der Waals surface area contributed by atoms with Crippen LogP contribution in [0, 0.1) is 5.82 Å². The predicted molar refractivity (Wildman–Crippen MR) is 44.8 cm³/mol. The Balaban J connectivity index is 2.37. The van der Waals surface area contributed by atoms with Gasteiger partial charge in [0.05, 0.1) is 6.20 Å². The van der Waals surface area contributed by atoms with Gasteiger partial charge in [-0.05, 0) is 25.0 Å². The Morgan fingerprint density at radius 2 is 2.31 bits per heavy atom. The fourth-order valence-corrected chi connectivity index (χ4v) is 0.975. The van der Waals surface area contributed by atoms with E-state index in [1.54, 1.807) is 6.07 Å². The highest BCUT2D eigenvalue weighted by atomic mass is 19.1. The number of hydrogen-bond acceptors (Lipinski definition) is 2. The van der Waals surface area contributed by atoms with Gasteiger partial charge in [-0.3, -0.25) is 9.78 Å². The Morgan fingerprint density at radius 3 is 2.85 bits per heavy atom. The van der Waals surface area contributed by atoms with Crippen molar-refractivity contribution in [3.63, 3.8) is 0 Å². The number of aromatic nitrogens is 1. The van der Waals surface area contributed by atoms with Crippen LogP contribution in [0.1, 0.15) is 18.5 Å². The van der Waals surface area contributed by atoms with Crippen molar-refractivity contribution < 1.29 is 14.3 Å². The topological polar surface area (TPSA) is 50.2 Å². The lowest BCUT2D eigenvalue weighted by molar-refractivity contribution is -0.137. The van der Waals surface area contributed by atoms with Gasteiger partial charge in [-0.2, -0.15) is 0 Å². The van der Waals surface area contributed by atoms with E-state index < -0.39 is 5.97 Å². The summed E-state index contributed by atoms with van der Waals surface area (Å²) in [5.74, 6) is -1.19. The molecule has 0 unspecified atom stereocenters. The first-order valence-electron chi connectivity index (χ1n) is 4.00. The van der Waals surface area contributed by atoms with Crippen LogP contribution in [-0.4, -0.2) is 16.1 Å². The molecule has 0 bridgehead atoms. The van der Waals surface area contributed by atoms with Crippen molar-refractivity contribution in [1.82, 2.24) is 4.98 Å². The largest absolute Gasteiger partial charge is 0.481 e. The molecule has 0 amide bonds. The summed E-state index contributed by atoms with van der Waals surface area (Å²) in [4.78, 5) is 14.0. The zero-order valence-electron chi connectivity index (χ0n) is 7.03. The Kier molecular flexibility index (Phi) is 3.37. The Hall–Kier alpha value is -1.45. The highest BCUT2D eigenvalue weighted by Crippen LogP contribution is 2.02. The molecule has 13 heavy (non-hydrogen) atoms. The SMILES string of the molecule is O=C(O)CCCc1ccc(F)cn1. The van der Waals surface area contributed by atoms with E-state index >= 15 is 0 Å². The monoisotopic (exact) mass is 183 g/mol. The van der Waals surface area contributed by atoms with Crippen LogP contribution in [-0.2, 0) is 11.2 Å². The van der Waals surface area contributed by atoms with Crippen LogP contribution in [0.2, 0.25) is 0 Å². The van der Waals surface area contributed by atoms with Gasteiger partial charge in [0.25, 0.3) is 0 Å². The van der Waals surface area contributed by atoms with Gasteiger partial charge in [0, 0.05) is 12.1 Å². The molecule has 0 aliphatic rings. The molecule has 1 aromatic heterocycles. The lowest BCUT2D eigenvalue weighted by atomic mass is 10.2. The van der Waals surface area contributed by atoms with E-state index in [1.165, 1.54) is 6.07 Å². The molecular weight excluding hydrogens is 173 g/mol. The van der Waals surface area contributed by atoms with Crippen molar-refractivity contribution in [2.24, 2.45) is 0 Å². The summed E-state index contributed by atoms with van der Waals surface area (Å²) in [5, 5.41) is 8.36. The van der Waals surface area contributed by atoms with E-state index in [4.69, 9.17) is 5.11 Å². The van der Waals surface area contributed by atoms with Crippen molar-refractivity contribution >= 4 is 5.97 Å². The molecule has 0 saturated carbocycles. The fourth-order valence-electron chi connectivity index (χ4n) is 0.975. The summed E-state index contributed by atoms with van der Waals surface area (Å²) < 4.78 is 12.4. The standard InChI is InChI=1S/C9H10FNO2/c10-7-4-5-8(11-6-7)2-1-3-9(12)13/h4-6H,1-3H2,(H,12,13). The third kappa shape index (κ3) is 3.64. The van der Waals surface area contributed by atoms with Crippen molar-refractivity contribution in [3.05, 3.63) is 29.8 Å². The summed E-state index contributed by atoms with van der Waals surface area (Å²) in [6.07, 6.45) is 2.37. The number of aryl methyl sites for hydroxylation is 1. The number of nitrogens with zero attached hydrogens (tertiary/aromatic N) is 1. The molecule has 0 aliphatic heterocycles. The minimum atomic E-state index is -0.817. The van der Waals surface area contributed by atoms with Crippen LogP contribution in [0.25, 0.3) is 0 Å². The average molecular weight is 183 g/mol. The maximum atomic E-state index is 12.4. The number of pyridine rings is 1. The zero-order chi connectivity index (χ0) is 9.68. The summed E-state index contributed by atoms with van der Waals surface area (Å²) in [6, 6.07) is 2.89. The van der Waals surface area contributed by atoms with Crippen molar-refractivity contribution in [2.75, 3.05) is 0 Å². The van der Waals surface area contributed by atoms with Crippen LogP contribution in [0.4, 0.5) is 4.39 Å². The molecule has 0 aromatic carbocycles. The van der Waals surface area contributed by atoms with Gasteiger partial charge < -0.3 is 5.11 Å². The summed E-state index contributed by atoms with van der Waals surface area (Å²) in [6.45, 7) is 0. The Bertz CT molecular complexity index is 284. The third-order valence-electron chi connectivity index (χ3n) is 1.61. The second kappa shape index (κ2) is 4.54. The molecule has 0 atom stereocenters. The number of carboxylic acids is 1. The maximum Gasteiger partial charge on any atom is 0.303 e. The van der Waals surface area contributed by atoms with E-state index in [-0.39, 0.29) is 12.2 Å². The first-order valence-corrected chi connectivity index (χ1v) is 4.00. The minimum Gasteiger partial charge on any atom is -0.481 e.